The SMILES string of the molecule is CN(C(=O)c1ccc(Cl)cc1)[C@@H]1CCN(C(=O)C2(C)CCN(C(=O)OC(C)(C)C)CC2)C[C@H]1c1ccc(Cl)c(Cl)c1. The number of halogens is 3. The Labute approximate surface area is 257 Å². The molecule has 0 spiro atoms. The average molecular weight is 623 g/mol. The molecule has 4 rings (SSSR count). The molecule has 2 aliphatic heterocycles. The van der Waals surface area contributed by atoms with E-state index in [-0.39, 0.29) is 29.9 Å². The summed E-state index contributed by atoms with van der Waals surface area (Å²) in [5.41, 5.74) is 0.299. The van der Waals surface area contributed by atoms with Crippen molar-refractivity contribution < 1.29 is 19.1 Å². The minimum atomic E-state index is -0.599. The minimum Gasteiger partial charge on any atom is -0.444 e. The highest BCUT2D eigenvalue weighted by Gasteiger charge is 2.44. The first-order valence-corrected chi connectivity index (χ1v) is 15.1. The summed E-state index contributed by atoms with van der Waals surface area (Å²) < 4.78 is 5.53. The molecule has 222 valence electrons. The van der Waals surface area contributed by atoms with E-state index >= 15 is 0 Å². The summed E-state index contributed by atoms with van der Waals surface area (Å²) in [5, 5.41) is 1.44. The number of rotatable bonds is 4. The van der Waals surface area contributed by atoms with Gasteiger partial charge in [0.2, 0.25) is 5.91 Å². The fraction of sp³-hybridized carbons (Fsp3) is 0.516. The predicted octanol–water partition coefficient (Wildman–Crippen LogP) is 7.14. The average Bonchev–Trinajstić information content (AvgIpc) is 2.93. The van der Waals surface area contributed by atoms with Gasteiger partial charge < -0.3 is 19.4 Å². The number of likely N-dealkylation sites (tertiary alicyclic amines) is 2. The third-order valence-corrected chi connectivity index (χ3v) is 9.17. The second kappa shape index (κ2) is 12.4. The van der Waals surface area contributed by atoms with Gasteiger partial charge in [-0.15, -0.1) is 0 Å². The Morgan fingerprint density at radius 1 is 0.927 bits per heavy atom. The summed E-state index contributed by atoms with van der Waals surface area (Å²) in [6, 6.07) is 12.2. The van der Waals surface area contributed by atoms with Crippen LogP contribution in [0.15, 0.2) is 42.5 Å². The molecular formula is C31H38Cl3N3O4. The number of benzene rings is 2. The van der Waals surface area contributed by atoms with Crippen molar-refractivity contribution in [3.8, 4) is 0 Å². The molecule has 0 N–H and O–H groups in total. The Morgan fingerprint density at radius 2 is 1.56 bits per heavy atom. The van der Waals surface area contributed by atoms with Crippen molar-refractivity contribution in [1.82, 2.24) is 14.7 Å². The van der Waals surface area contributed by atoms with Crippen LogP contribution in [0.3, 0.4) is 0 Å². The first-order chi connectivity index (χ1) is 19.2. The normalized spacial score (nSPS) is 20.9. The highest BCUT2D eigenvalue weighted by molar-refractivity contribution is 6.42. The van der Waals surface area contributed by atoms with Gasteiger partial charge >= 0.3 is 6.09 Å². The van der Waals surface area contributed by atoms with Crippen LogP contribution in [-0.2, 0) is 9.53 Å². The quantitative estimate of drug-likeness (QED) is 0.363. The van der Waals surface area contributed by atoms with E-state index in [1.54, 1.807) is 47.2 Å². The van der Waals surface area contributed by atoms with Gasteiger partial charge in [-0.05, 0) is 82.0 Å². The van der Waals surface area contributed by atoms with E-state index in [0.717, 1.165) is 5.56 Å². The monoisotopic (exact) mass is 621 g/mol. The molecule has 0 aliphatic carbocycles. The molecule has 7 nitrogen and oxygen atoms in total. The lowest BCUT2D eigenvalue weighted by Crippen LogP contribution is -2.56. The second-order valence-corrected chi connectivity index (χ2v) is 13.6. The molecule has 2 heterocycles. The highest BCUT2D eigenvalue weighted by Crippen LogP contribution is 2.39. The van der Waals surface area contributed by atoms with Crippen molar-refractivity contribution in [1.29, 1.82) is 0 Å². The van der Waals surface area contributed by atoms with Crippen molar-refractivity contribution in [2.75, 3.05) is 33.2 Å². The van der Waals surface area contributed by atoms with Crippen LogP contribution in [0, 0.1) is 5.41 Å². The molecular weight excluding hydrogens is 585 g/mol. The molecule has 0 saturated carbocycles. The van der Waals surface area contributed by atoms with Crippen LogP contribution in [0.25, 0.3) is 0 Å². The first-order valence-electron chi connectivity index (χ1n) is 13.9. The summed E-state index contributed by atoms with van der Waals surface area (Å²) in [6.45, 7) is 9.39. The number of hydrogen-bond acceptors (Lipinski definition) is 4. The van der Waals surface area contributed by atoms with Crippen LogP contribution >= 0.6 is 34.8 Å². The Kier molecular flexibility index (Phi) is 9.52. The predicted molar refractivity (Wildman–Crippen MR) is 163 cm³/mol. The number of carbonyl (C=O) groups is 3. The van der Waals surface area contributed by atoms with Gasteiger partial charge in [0.15, 0.2) is 0 Å². The van der Waals surface area contributed by atoms with Crippen molar-refractivity contribution in [3.63, 3.8) is 0 Å². The zero-order chi connectivity index (χ0) is 30.1. The molecule has 0 unspecified atom stereocenters. The summed E-state index contributed by atoms with van der Waals surface area (Å²) in [4.78, 5) is 45.4. The maximum atomic E-state index is 14.0. The smallest absolute Gasteiger partial charge is 0.410 e. The number of hydrogen-bond donors (Lipinski definition) is 0. The maximum Gasteiger partial charge on any atom is 0.410 e. The van der Waals surface area contributed by atoms with E-state index < -0.39 is 11.0 Å². The van der Waals surface area contributed by atoms with Gasteiger partial charge in [0.05, 0.1) is 10.0 Å². The highest BCUT2D eigenvalue weighted by atomic mass is 35.5. The fourth-order valence-corrected chi connectivity index (χ4v) is 6.14. The number of likely N-dealkylation sites (N-methyl/N-ethyl adjacent to an activating group) is 1. The lowest BCUT2D eigenvalue weighted by molar-refractivity contribution is -0.146. The van der Waals surface area contributed by atoms with Crippen molar-refractivity contribution >= 4 is 52.7 Å². The molecule has 41 heavy (non-hydrogen) atoms. The lowest BCUT2D eigenvalue weighted by Gasteiger charge is -2.46. The molecule has 2 aromatic carbocycles. The third-order valence-electron chi connectivity index (χ3n) is 8.18. The van der Waals surface area contributed by atoms with Crippen LogP contribution in [-0.4, -0.2) is 77.5 Å². The van der Waals surface area contributed by atoms with E-state index in [4.69, 9.17) is 39.5 Å². The van der Waals surface area contributed by atoms with Gasteiger partial charge in [0.25, 0.3) is 5.91 Å². The molecule has 0 bridgehead atoms. The standard InChI is InChI=1S/C31H38Cl3N3O4/c1-30(2,3)41-29(40)36-16-13-31(4,14-17-36)28(39)37-15-12-26(23(19-37)21-8-11-24(33)25(34)18-21)35(5)27(38)20-6-9-22(32)10-7-20/h6-11,18,23,26H,12-17,19H2,1-5H3/t23-,26+/m0/s1. The van der Waals surface area contributed by atoms with Gasteiger partial charge in [-0.25, -0.2) is 4.79 Å². The topological polar surface area (TPSA) is 70.2 Å². The van der Waals surface area contributed by atoms with E-state index in [1.165, 1.54) is 0 Å². The molecule has 2 saturated heterocycles. The van der Waals surface area contributed by atoms with E-state index in [0.29, 0.717) is 66.1 Å². The third kappa shape index (κ3) is 7.30. The van der Waals surface area contributed by atoms with Crippen LogP contribution in [0.5, 0.6) is 0 Å². The summed E-state index contributed by atoms with van der Waals surface area (Å²) in [6.07, 6.45) is 1.36. The molecule has 0 radical (unpaired) electrons. The zero-order valence-corrected chi connectivity index (χ0v) is 26.5. The summed E-state index contributed by atoms with van der Waals surface area (Å²) in [5.74, 6) is -0.219. The van der Waals surface area contributed by atoms with Gasteiger partial charge in [0.1, 0.15) is 5.60 Å². The number of carbonyl (C=O) groups excluding carboxylic acids is 3. The Morgan fingerprint density at radius 3 is 2.15 bits per heavy atom. The summed E-state index contributed by atoms with van der Waals surface area (Å²) in [7, 11) is 1.80. The van der Waals surface area contributed by atoms with Crippen LogP contribution in [0.1, 0.15) is 68.8 Å². The van der Waals surface area contributed by atoms with Gasteiger partial charge in [-0.3, -0.25) is 9.59 Å². The fourth-order valence-electron chi connectivity index (χ4n) is 5.71. The molecule has 2 aliphatic rings. The van der Waals surface area contributed by atoms with E-state index in [2.05, 4.69) is 0 Å². The zero-order valence-electron chi connectivity index (χ0n) is 24.3. The number of nitrogens with zero attached hydrogens (tertiary/aromatic N) is 3. The van der Waals surface area contributed by atoms with Crippen molar-refractivity contribution in [2.45, 2.75) is 64.5 Å². The van der Waals surface area contributed by atoms with E-state index in [9.17, 15) is 14.4 Å². The lowest BCUT2D eigenvalue weighted by atomic mass is 9.77. The molecule has 3 amide bonds. The minimum absolute atomic E-state index is 0.0662. The number of piperidine rings is 2. The van der Waals surface area contributed by atoms with Crippen LogP contribution < -0.4 is 0 Å². The number of ether oxygens (including phenoxy) is 1. The maximum absolute atomic E-state index is 14.0. The van der Waals surface area contributed by atoms with E-state index in [1.807, 2.05) is 44.7 Å². The van der Waals surface area contributed by atoms with Crippen LogP contribution in [0.4, 0.5) is 4.79 Å². The number of amides is 3. The Bertz CT molecular complexity index is 1290. The Hall–Kier alpha value is -2.48. The van der Waals surface area contributed by atoms with Gasteiger partial charge in [0, 0.05) is 61.2 Å². The largest absolute Gasteiger partial charge is 0.444 e. The van der Waals surface area contributed by atoms with Crippen molar-refractivity contribution in [2.24, 2.45) is 5.41 Å². The molecule has 2 aromatic rings. The molecule has 0 aromatic heterocycles. The molecule has 2 fully saturated rings. The van der Waals surface area contributed by atoms with Crippen LogP contribution in [0.2, 0.25) is 15.1 Å². The summed E-state index contributed by atoms with van der Waals surface area (Å²) >= 11 is 18.7. The first kappa shape index (κ1) is 31.5. The van der Waals surface area contributed by atoms with Gasteiger partial charge in [-0.2, -0.15) is 0 Å². The van der Waals surface area contributed by atoms with Gasteiger partial charge in [-0.1, -0.05) is 47.8 Å². The molecule has 10 heteroatoms. The molecule has 2 atom stereocenters. The Balaban J connectivity index is 1.52. The van der Waals surface area contributed by atoms with Crippen molar-refractivity contribution in [3.05, 3.63) is 68.7 Å². The second-order valence-electron chi connectivity index (χ2n) is 12.3.